The quantitative estimate of drug-likeness (QED) is 0.473. The molecule has 0 aliphatic carbocycles. The smallest absolute Gasteiger partial charge is 0.327 e. The van der Waals surface area contributed by atoms with Gasteiger partial charge in [0.25, 0.3) is 0 Å². The monoisotopic (exact) mass is 365 g/mol. The van der Waals surface area contributed by atoms with Crippen LogP contribution in [0.3, 0.4) is 0 Å². The van der Waals surface area contributed by atoms with Gasteiger partial charge in [-0.2, -0.15) is 0 Å². The van der Waals surface area contributed by atoms with E-state index >= 15 is 0 Å². The Balaban J connectivity index is 2.04. The molecule has 0 fully saturated rings. The van der Waals surface area contributed by atoms with Crippen molar-refractivity contribution in [1.82, 2.24) is 14.8 Å². The summed E-state index contributed by atoms with van der Waals surface area (Å²) in [5.41, 5.74) is 2.00. The van der Waals surface area contributed by atoms with Crippen molar-refractivity contribution >= 4 is 12.3 Å². The first-order valence-electron chi connectivity index (χ1n) is 8.45. The van der Waals surface area contributed by atoms with Crippen LogP contribution in [0.1, 0.15) is 17.3 Å². The van der Waals surface area contributed by atoms with Crippen molar-refractivity contribution in [2.45, 2.75) is 13.5 Å². The van der Waals surface area contributed by atoms with E-state index in [0.29, 0.717) is 35.1 Å². The number of ether oxygens (including phenoxy) is 2. The van der Waals surface area contributed by atoms with E-state index in [2.05, 4.69) is 10.1 Å². The Bertz CT molecular complexity index is 948. The lowest BCUT2D eigenvalue weighted by Gasteiger charge is -2.06. The van der Waals surface area contributed by atoms with Crippen molar-refractivity contribution in [3.8, 4) is 28.5 Å². The summed E-state index contributed by atoms with van der Waals surface area (Å²) in [6.45, 7) is 1.98. The van der Waals surface area contributed by atoms with Crippen LogP contribution in [0.15, 0.2) is 48.5 Å². The van der Waals surface area contributed by atoms with Gasteiger partial charge in [0.2, 0.25) is 0 Å². The predicted octanol–water partition coefficient (Wildman–Crippen LogP) is 3.00. The van der Waals surface area contributed by atoms with Crippen LogP contribution in [0.4, 0.5) is 0 Å². The SMILES string of the molecule is CCOC(=O)Cn1nc(-c2cccc(C=O)c2)nc1-c1ccc(OC)cc1. The van der Waals surface area contributed by atoms with Crippen molar-refractivity contribution in [3.63, 3.8) is 0 Å². The highest BCUT2D eigenvalue weighted by Gasteiger charge is 2.17. The number of benzene rings is 2. The summed E-state index contributed by atoms with van der Waals surface area (Å²) in [6.07, 6.45) is 0.767. The number of nitrogens with zero attached hydrogens (tertiary/aromatic N) is 3. The average molecular weight is 365 g/mol. The molecule has 2 aromatic carbocycles. The summed E-state index contributed by atoms with van der Waals surface area (Å²) in [6, 6.07) is 14.3. The number of methoxy groups -OCH3 is 1. The van der Waals surface area contributed by atoms with Gasteiger partial charge in [-0.05, 0) is 37.3 Å². The Labute approximate surface area is 156 Å². The molecule has 0 N–H and O–H groups in total. The number of aromatic nitrogens is 3. The van der Waals surface area contributed by atoms with Gasteiger partial charge < -0.3 is 9.47 Å². The minimum absolute atomic E-state index is 0.0599. The Morgan fingerprint density at radius 3 is 2.59 bits per heavy atom. The lowest BCUT2D eigenvalue weighted by Crippen LogP contribution is -2.15. The Kier molecular flexibility index (Phi) is 5.61. The third-order valence-corrected chi connectivity index (χ3v) is 3.89. The van der Waals surface area contributed by atoms with Gasteiger partial charge in [0.1, 0.15) is 18.6 Å². The molecule has 1 aromatic heterocycles. The first-order chi connectivity index (χ1) is 13.1. The second-order valence-electron chi connectivity index (χ2n) is 5.69. The van der Waals surface area contributed by atoms with Gasteiger partial charge in [0, 0.05) is 16.7 Å². The minimum Gasteiger partial charge on any atom is -0.497 e. The standard InChI is InChI=1S/C20H19N3O4/c1-3-27-18(25)12-23-20(15-7-9-17(26-2)10-8-15)21-19(22-23)16-6-4-5-14(11-16)13-24/h4-11,13H,3,12H2,1-2H3. The number of carbonyl (C=O) groups excluding carboxylic acids is 2. The van der Waals surface area contributed by atoms with Gasteiger partial charge in [-0.3, -0.25) is 9.59 Å². The number of hydrogen-bond acceptors (Lipinski definition) is 6. The van der Waals surface area contributed by atoms with E-state index in [-0.39, 0.29) is 6.54 Å². The maximum atomic E-state index is 12.0. The molecular formula is C20H19N3O4. The van der Waals surface area contributed by atoms with Crippen molar-refractivity contribution in [2.24, 2.45) is 0 Å². The van der Waals surface area contributed by atoms with Gasteiger partial charge in [-0.25, -0.2) is 9.67 Å². The van der Waals surface area contributed by atoms with Crippen LogP contribution in [0.25, 0.3) is 22.8 Å². The van der Waals surface area contributed by atoms with Crippen molar-refractivity contribution in [3.05, 3.63) is 54.1 Å². The summed E-state index contributed by atoms with van der Waals surface area (Å²) in [5.74, 6) is 1.27. The lowest BCUT2D eigenvalue weighted by molar-refractivity contribution is -0.144. The molecule has 7 nitrogen and oxygen atoms in total. The van der Waals surface area contributed by atoms with Crippen LogP contribution in [-0.2, 0) is 16.1 Å². The van der Waals surface area contributed by atoms with Crippen LogP contribution in [-0.4, -0.2) is 40.7 Å². The second-order valence-corrected chi connectivity index (χ2v) is 5.69. The number of esters is 1. The molecule has 0 aliphatic heterocycles. The zero-order valence-corrected chi connectivity index (χ0v) is 15.1. The van der Waals surface area contributed by atoms with Crippen molar-refractivity contribution < 1.29 is 19.1 Å². The highest BCUT2D eigenvalue weighted by Crippen LogP contribution is 2.25. The zero-order chi connectivity index (χ0) is 19.2. The van der Waals surface area contributed by atoms with Crippen molar-refractivity contribution in [2.75, 3.05) is 13.7 Å². The van der Waals surface area contributed by atoms with Gasteiger partial charge in [0.05, 0.1) is 13.7 Å². The fraction of sp³-hybridized carbons (Fsp3) is 0.200. The molecule has 0 atom stereocenters. The van der Waals surface area contributed by atoms with Crippen molar-refractivity contribution in [1.29, 1.82) is 0 Å². The predicted molar refractivity (Wildman–Crippen MR) is 99.5 cm³/mol. The highest BCUT2D eigenvalue weighted by molar-refractivity contribution is 5.78. The minimum atomic E-state index is -0.398. The number of hydrogen-bond donors (Lipinski definition) is 0. The third kappa shape index (κ3) is 4.20. The number of aldehydes is 1. The van der Waals surface area contributed by atoms with Crippen LogP contribution in [0.5, 0.6) is 5.75 Å². The first-order valence-corrected chi connectivity index (χ1v) is 8.45. The first kappa shape index (κ1) is 18.3. The van der Waals surface area contributed by atoms with Gasteiger partial charge in [-0.15, -0.1) is 5.10 Å². The molecule has 7 heteroatoms. The van der Waals surface area contributed by atoms with E-state index in [4.69, 9.17) is 9.47 Å². The van der Waals surface area contributed by atoms with Crippen LogP contribution >= 0.6 is 0 Å². The molecule has 0 bridgehead atoms. The van der Waals surface area contributed by atoms with Crippen LogP contribution in [0, 0.1) is 0 Å². The van der Waals surface area contributed by atoms with E-state index in [9.17, 15) is 9.59 Å². The molecule has 3 rings (SSSR count). The number of carbonyl (C=O) groups is 2. The topological polar surface area (TPSA) is 83.3 Å². The normalized spacial score (nSPS) is 10.4. The fourth-order valence-corrected chi connectivity index (χ4v) is 2.61. The molecule has 0 spiro atoms. The molecule has 0 unspecified atom stereocenters. The molecule has 0 radical (unpaired) electrons. The molecule has 3 aromatic rings. The lowest BCUT2D eigenvalue weighted by atomic mass is 10.1. The molecular weight excluding hydrogens is 346 g/mol. The average Bonchev–Trinajstić information content (AvgIpc) is 3.12. The van der Waals surface area contributed by atoms with E-state index < -0.39 is 5.97 Å². The van der Waals surface area contributed by atoms with Gasteiger partial charge in [-0.1, -0.05) is 18.2 Å². The Morgan fingerprint density at radius 1 is 1.15 bits per heavy atom. The molecule has 0 aliphatic rings. The highest BCUT2D eigenvalue weighted by atomic mass is 16.5. The molecule has 0 amide bonds. The molecule has 1 heterocycles. The van der Waals surface area contributed by atoms with E-state index in [1.807, 2.05) is 30.3 Å². The van der Waals surface area contributed by atoms with Gasteiger partial charge in [0.15, 0.2) is 11.6 Å². The Morgan fingerprint density at radius 2 is 1.93 bits per heavy atom. The zero-order valence-electron chi connectivity index (χ0n) is 15.1. The number of rotatable bonds is 7. The Hall–Kier alpha value is -3.48. The van der Waals surface area contributed by atoms with E-state index in [1.54, 1.807) is 32.2 Å². The van der Waals surface area contributed by atoms with E-state index in [0.717, 1.165) is 11.8 Å². The molecule has 0 saturated heterocycles. The largest absolute Gasteiger partial charge is 0.497 e. The molecule has 27 heavy (non-hydrogen) atoms. The van der Waals surface area contributed by atoms with E-state index in [1.165, 1.54) is 4.68 Å². The second kappa shape index (κ2) is 8.27. The maximum Gasteiger partial charge on any atom is 0.327 e. The third-order valence-electron chi connectivity index (χ3n) is 3.89. The summed E-state index contributed by atoms with van der Waals surface area (Å²) in [5, 5.41) is 4.45. The summed E-state index contributed by atoms with van der Waals surface area (Å²) >= 11 is 0. The van der Waals surface area contributed by atoms with Crippen LogP contribution < -0.4 is 4.74 Å². The summed E-state index contributed by atoms with van der Waals surface area (Å²) < 4.78 is 11.7. The molecule has 138 valence electrons. The fourth-order valence-electron chi connectivity index (χ4n) is 2.61. The maximum absolute atomic E-state index is 12.0. The van der Waals surface area contributed by atoms with Crippen LogP contribution in [0.2, 0.25) is 0 Å². The molecule has 0 saturated carbocycles. The summed E-state index contributed by atoms with van der Waals surface area (Å²) in [4.78, 5) is 27.6. The van der Waals surface area contributed by atoms with Gasteiger partial charge >= 0.3 is 5.97 Å². The summed E-state index contributed by atoms with van der Waals surface area (Å²) in [7, 11) is 1.59.